The van der Waals surface area contributed by atoms with E-state index in [0.717, 1.165) is 27.5 Å². The number of thiophene rings is 2. The molecule has 0 fully saturated rings. The van der Waals surface area contributed by atoms with Crippen LogP contribution in [0.2, 0.25) is 0 Å². The highest BCUT2D eigenvalue weighted by molar-refractivity contribution is 7.12. The highest BCUT2D eigenvalue weighted by Gasteiger charge is 2.31. The van der Waals surface area contributed by atoms with Gasteiger partial charge in [-0.25, -0.2) is 0 Å². The molecule has 0 spiro atoms. The summed E-state index contributed by atoms with van der Waals surface area (Å²) in [5, 5.41) is 16.8. The lowest BCUT2D eigenvalue weighted by atomic mass is 10.2. The minimum atomic E-state index is -4.77. The first-order valence-electron chi connectivity index (χ1n) is 7.74. The largest absolute Gasteiger partial charge is 0.573 e. The van der Waals surface area contributed by atoms with E-state index in [1.807, 2.05) is 22.9 Å². The number of amides is 1. The molecule has 1 atom stereocenters. The zero-order valence-electron chi connectivity index (χ0n) is 13.7. The predicted octanol–water partition coefficient (Wildman–Crippen LogP) is 4.72. The maximum absolute atomic E-state index is 12.1. The molecule has 0 saturated carbocycles. The van der Waals surface area contributed by atoms with Gasteiger partial charge in [0.25, 0.3) is 5.91 Å². The Morgan fingerprint density at radius 3 is 2.52 bits per heavy atom. The van der Waals surface area contributed by atoms with Crippen molar-refractivity contribution in [2.45, 2.75) is 19.0 Å². The fraction of sp³-hybridized carbons (Fsp3) is 0.167. The van der Waals surface area contributed by atoms with E-state index in [4.69, 9.17) is 0 Å². The molecule has 0 bridgehead atoms. The first kappa shape index (κ1) is 19.4. The molecule has 2 aromatic heterocycles. The zero-order valence-corrected chi connectivity index (χ0v) is 15.3. The van der Waals surface area contributed by atoms with E-state index in [0.29, 0.717) is 0 Å². The Bertz CT molecular complexity index is 889. The van der Waals surface area contributed by atoms with Crippen molar-refractivity contribution in [2.75, 3.05) is 0 Å². The molecule has 142 valence electrons. The fourth-order valence-corrected chi connectivity index (χ4v) is 3.95. The predicted molar refractivity (Wildman–Crippen MR) is 97.0 cm³/mol. The van der Waals surface area contributed by atoms with Crippen LogP contribution in [-0.2, 0) is 6.54 Å². The third kappa shape index (κ3) is 5.31. The molecule has 2 N–H and O–H groups in total. The van der Waals surface area contributed by atoms with Crippen molar-refractivity contribution in [3.05, 3.63) is 74.1 Å². The topological polar surface area (TPSA) is 58.6 Å². The fourth-order valence-electron chi connectivity index (χ4n) is 2.31. The first-order chi connectivity index (χ1) is 12.8. The van der Waals surface area contributed by atoms with Crippen LogP contribution < -0.4 is 10.1 Å². The molecule has 0 aliphatic heterocycles. The molecule has 1 unspecified atom stereocenters. The van der Waals surface area contributed by atoms with E-state index < -0.39 is 18.4 Å². The van der Waals surface area contributed by atoms with Gasteiger partial charge in [-0.1, -0.05) is 0 Å². The maximum Gasteiger partial charge on any atom is 0.573 e. The number of hydrogen-bond donors (Lipinski definition) is 2. The van der Waals surface area contributed by atoms with Crippen LogP contribution in [0.25, 0.3) is 0 Å². The van der Waals surface area contributed by atoms with Gasteiger partial charge < -0.3 is 15.2 Å². The van der Waals surface area contributed by atoms with E-state index in [9.17, 15) is 23.1 Å². The standard InChI is InChI=1S/C18H14F3NO3S2/c19-18(20,21)25-13-3-1-11(2-4-13)17(24)22-9-14-5-6-15(27-14)16(23)12-7-8-26-10-12/h1-8,10,16,23H,9H2,(H,22,24). The van der Waals surface area contributed by atoms with Crippen molar-refractivity contribution in [3.63, 3.8) is 0 Å². The summed E-state index contributed by atoms with van der Waals surface area (Å²) in [6.07, 6.45) is -5.47. The highest BCUT2D eigenvalue weighted by Crippen LogP contribution is 2.29. The van der Waals surface area contributed by atoms with Crippen molar-refractivity contribution < 1.29 is 27.8 Å². The normalized spacial score (nSPS) is 12.6. The van der Waals surface area contributed by atoms with E-state index in [-0.39, 0.29) is 17.9 Å². The van der Waals surface area contributed by atoms with Crippen molar-refractivity contribution in [2.24, 2.45) is 0 Å². The second kappa shape index (κ2) is 8.12. The quantitative estimate of drug-likeness (QED) is 0.615. The molecular weight excluding hydrogens is 399 g/mol. The Morgan fingerprint density at radius 2 is 1.89 bits per heavy atom. The molecule has 2 heterocycles. The molecule has 3 aromatic rings. The summed E-state index contributed by atoms with van der Waals surface area (Å²) in [4.78, 5) is 13.7. The average molecular weight is 413 g/mol. The highest BCUT2D eigenvalue weighted by atomic mass is 32.1. The van der Waals surface area contributed by atoms with Crippen LogP contribution in [0.4, 0.5) is 13.2 Å². The van der Waals surface area contributed by atoms with Crippen molar-refractivity contribution >= 4 is 28.6 Å². The van der Waals surface area contributed by atoms with Gasteiger partial charge >= 0.3 is 6.36 Å². The lowest BCUT2D eigenvalue weighted by Crippen LogP contribution is -2.22. The monoisotopic (exact) mass is 413 g/mol. The van der Waals surface area contributed by atoms with Crippen LogP contribution in [0.3, 0.4) is 0 Å². The molecule has 3 rings (SSSR count). The molecule has 0 aliphatic carbocycles. The number of alkyl halides is 3. The zero-order chi connectivity index (χ0) is 19.4. The van der Waals surface area contributed by atoms with Gasteiger partial charge in [0.2, 0.25) is 0 Å². The van der Waals surface area contributed by atoms with Crippen LogP contribution in [0, 0.1) is 0 Å². The molecule has 0 radical (unpaired) electrons. The smallest absolute Gasteiger partial charge is 0.406 e. The lowest BCUT2D eigenvalue weighted by Gasteiger charge is -2.09. The van der Waals surface area contributed by atoms with Gasteiger partial charge in [-0.3, -0.25) is 4.79 Å². The number of aliphatic hydroxyl groups is 1. The van der Waals surface area contributed by atoms with Crippen LogP contribution in [-0.4, -0.2) is 17.4 Å². The second-order valence-electron chi connectivity index (χ2n) is 5.52. The summed E-state index contributed by atoms with van der Waals surface area (Å²) in [5.74, 6) is -0.800. The van der Waals surface area contributed by atoms with E-state index in [1.165, 1.54) is 34.8 Å². The Balaban J connectivity index is 1.56. The number of aliphatic hydroxyl groups excluding tert-OH is 1. The van der Waals surface area contributed by atoms with Gasteiger partial charge in [0.15, 0.2) is 0 Å². The van der Waals surface area contributed by atoms with E-state index >= 15 is 0 Å². The molecule has 0 saturated heterocycles. The van der Waals surface area contributed by atoms with Crippen LogP contribution in [0.5, 0.6) is 5.75 Å². The Morgan fingerprint density at radius 1 is 1.15 bits per heavy atom. The van der Waals surface area contributed by atoms with Crippen LogP contribution >= 0.6 is 22.7 Å². The number of rotatable bonds is 6. The minimum absolute atomic E-state index is 0.222. The summed E-state index contributed by atoms with van der Waals surface area (Å²) in [7, 11) is 0. The lowest BCUT2D eigenvalue weighted by molar-refractivity contribution is -0.274. The van der Waals surface area contributed by atoms with Gasteiger partial charge in [-0.05, 0) is 58.8 Å². The number of carbonyl (C=O) groups is 1. The first-order valence-corrected chi connectivity index (χ1v) is 9.50. The molecule has 27 heavy (non-hydrogen) atoms. The molecular formula is C18H14F3NO3S2. The molecule has 9 heteroatoms. The Kier molecular flexibility index (Phi) is 5.83. The Labute approximate surface area is 160 Å². The maximum atomic E-state index is 12.1. The van der Waals surface area contributed by atoms with Crippen molar-refractivity contribution in [1.29, 1.82) is 0 Å². The van der Waals surface area contributed by atoms with E-state index in [1.54, 1.807) is 6.07 Å². The number of nitrogens with one attached hydrogen (secondary N) is 1. The average Bonchev–Trinajstić information content (AvgIpc) is 3.30. The van der Waals surface area contributed by atoms with Crippen LogP contribution in [0.15, 0.2) is 53.2 Å². The van der Waals surface area contributed by atoms with Gasteiger partial charge in [0, 0.05) is 15.3 Å². The van der Waals surface area contributed by atoms with Gasteiger partial charge in [0.05, 0.1) is 6.54 Å². The number of carbonyl (C=O) groups excluding carboxylic acids is 1. The van der Waals surface area contributed by atoms with Gasteiger partial charge in [0.1, 0.15) is 11.9 Å². The Hall–Kier alpha value is -2.36. The van der Waals surface area contributed by atoms with Crippen LogP contribution in [0.1, 0.15) is 31.8 Å². The summed E-state index contributed by atoms with van der Waals surface area (Å²) < 4.78 is 40.2. The second-order valence-corrected chi connectivity index (χ2v) is 7.50. The number of hydrogen-bond acceptors (Lipinski definition) is 5. The van der Waals surface area contributed by atoms with Crippen molar-refractivity contribution in [3.8, 4) is 5.75 Å². The summed E-state index contributed by atoms with van der Waals surface area (Å²) >= 11 is 2.88. The number of halogens is 3. The third-order valence-corrected chi connectivity index (χ3v) is 5.42. The van der Waals surface area contributed by atoms with Gasteiger partial charge in [-0.15, -0.1) is 24.5 Å². The molecule has 0 aliphatic rings. The summed E-state index contributed by atoms with van der Waals surface area (Å²) in [5.41, 5.74) is 1.04. The SMILES string of the molecule is O=C(NCc1ccc(C(O)c2ccsc2)s1)c1ccc(OC(F)(F)F)cc1. The summed E-state index contributed by atoms with van der Waals surface area (Å²) in [6.45, 7) is 0.251. The number of ether oxygens (including phenoxy) is 1. The molecule has 1 amide bonds. The van der Waals surface area contributed by atoms with E-state index in [2.05, 4.69) is 10.1 Å². The van der Waals surface area contributed by atoms with Gasteiger partial charge in [-0.2, -0.15) is 11.3 Å². The molecule has 1 aromatic carbocycles. The third-order valence-electron chi connectivity index (χ3n) is 3.58. The minimum Gasteiger partial charge on any atom is -0.406 e. The summed E-state index contributed by atoms with van der Waals surface area (Å²) in [6, 6.07) is 10.2. The van der Waals surface area contributed by atoms with Crippen molar-refractivity contribution in [1.82, 2.24) is 5.32 Å². The number of benzene rings is 1. The molecule has 4 nitrogen and oxygen atoms in total.